The van der Waals surface area contributed by atoms with Crippen LogP contribution in [0.15, 0.2) is 24.3 Å². The summed E-state index contributed by atoms with van der Waals surface area (Å²) in [6, 6.07) is 7.49. The lowest BCUT2D eigenvalue weighted by Crippen LogP contribution is -2.13. The Labute approximate surface area is 111 Å². The Hall–Kier alpha value is -0.980. The van der Waals surface area contributed by atoms with Crippen molar-refractivity contribution >= 4 is 0 Å². The van der Waals surface area contributed by atoms with Crippen LogP contribution < -0.4 is 0 Å². The maximum Gasteiger partial charge on any atom is 0.178 e. The molecule has 0 heterocycles. The van der Waals surface area contributed by atoms with Gasteiger partial charge in [0, 0.05) is 0 Å². The third-order valence-corrected chi connectivity index (χ3v) is 4.41. The van der Waals surface area contributed by atoms with Gasteiger partial charge in [0.15, 0.2) is 5.75 Å². The van der Waals surface area contributed by atoms with E-state index in [0.29, 0.717) is 5.92 Å². The zero-order valence-corrected chi connectivity index (χ0v) is 11.5. The monoisotopic (exact) mass is 245 g/mol. The summed E-state index contributed by atoms with van der Waals surface area (Å²) in [7, 11) is 0. The minimum absolute atomic E-state index is 0.131. The lowest BCUT2D eigenvalue weighted by atomic mass is 9.77. The molecule has 1 fully saturated rings. The first-order chi connectivity index (χ1) is 8.79. The van der Waals surface area contributed by atoms with Crippen molar-refractivity contribution in [3.05, 3.63) is 29.8 Å². The molecule has 0 saturated heterocycles. The van der Waals surface area contributed by atoms with E-state index in [-0.39, 0.29) is 5.75 Å². The molecule has 2 rings (SSSR count). The highest BCUT2D eigenvalue weighted by Gasteiger charge is 2.21. The second kappa shape index (κ2) is 6.82. The van der Waals surface area contributed by atoms with Gasteiger partial charge >= 0.3 is 0 Å². The largest absolute Gasteiger partial charge is 0.290 e. The van der Waals surface area contributed by atoms with Gasteiger partial charge in [0.05, 0.1) is 0 Å². The van der Waals surface area contributed by atoms with Crippen LogP contribution in [0, 0.1) is 5.92 Å². The number of hydrogen-bond donors (Lipinski definition) is 0. The molecular formula is C17H25O. The Morgan fingerprint density at radius 1 is 1.00 bits per heavy atom. The van der Waals surface area contributed by atoms with E-state index in [2.05, 4.69) is 6.92 Å². The van der Waals surface area contributed by atoms with Gasteiger partial charge < -0.3 is 0 Å². The minimum atomic E-state index is 0.131. The normalized spacial score (nSPS) is 24.1. The second-order valence-corrected chi connectivity index (χ2v) is 5.78. The van der Waals surface area contributed by atoms with Crippen LogP contribution in [0.1, 0.15) is 69.8 Å². The predicted molar refractivity (Wildman–Crippen MR) is 75.4 cm³/mol. The van der Waals surface area contributed by atoms with Crippen LogP contribution in [0.3, 0.4) is 0 Å². The molecule has 0 atom stereocenters. The van der Waals surface area contributed by atoms with Crippen LogP contribution >= 0.6 is 0 Å². The molecule has 0 N–H and O–H groups in total. The Morgan fingerprint density at radius 2 is 1.67 bits per heavy atom. The van der Waals surface area contributed by atoms with E-state index in [4.69, 9.17) is 0 Å². The molecule has 1 nitrogen and oxygen atoms in total. The average Bonchev–Trinajstić information content (AvgIpc) is 2.41. The molecule has 0 spiro atoms. The van der Waals surface area contributed by atoms with E-state index in [0.717, 1.165) is 5.92 Å². The summed E-state index contributed by atoms with van der Waals surface area (Å²) in [5.41, 5.74) is 1.38. The van der Waals surface area contributed by atoms with Crippen LogP contribution in [-0.2, 0) is 5.11 Å². The quantitative estimate of drug-likeness (QED) is 0.594. The molecule has 99 valence electrons. The lowest BCUT2D eigenvalue weighted by Gasteiger charge is -2.28. The SMILES string of the molecule is CCCCC[C@H]1CC[C@H](c2ccc([O])cc2)CC1. The van der Waals surface area contributed by atoms with E-state index in [1.54, 1.807) is 12.1 Å². The summed E-state index contributed by atoms with van der Waals surface area (Å²) in [5.74, 6) is 1.80. The molecule has 18 heavy (non-hydrogen) atoms. The van der Waals surface area contributed by atoms with Crippen molar-refractivity contribution in [2.75, 3.05) is 0 Å². The fourth-order valence-corrected chi connectivity index (χ4v) is 3.21. The molecule has 1 saturated carbocycles. The van der Waals surface area contributed by atoms with E-state index in [9.17, 15) is 5.11 Å². The fourth-order valence-electron chi connectivity index (χ4n) is 3.21. The van der Waals surface area contributed by atoms with E-state index in [1.807, 2.05) is 12.1 Å². The van der Waals surface area contributed by atoms with Gasteiger partial charge in [0.25, 0.3) is 0 Å². The van der Waals surface area contributed by atoms with Crippen molar-refractivity contribution < 1.29 is 5.11 Å². The maximum atomic E-state index is 11.1. The summed E-state index contributed by atoms with van der Waals surface area (Å²) in [6.07, 6.45) is 11.0. The minimum Gasteiger partial charge on any atom is -0.290 e. The highest BCUT2D eigenvalue weighted by atomic mass is 16.3. The van der Waals surface area contributed by atoms with Gasteiger partial charge in [-0.25, -0.2) is 0 Å². The topological polar surface area (TPSA) is 19.9 Å². The lowest BCUT2D eigenvalue weighted by molar-refractivity contribution is 0.302. The molecule has 0 aromatic heterocycles. The highest BCUT2D eigenvalue weighted by Crippen LogP contribution is 2.38. The van der Waals surface area contributed by atoms with Gasteiger partial charge in [-0.1, -0.05) is 44.7 Å². The van der Waals surface area contributed by atoms with E-state index < -0.39 is 0 Å². The van der Waals surface area contributed by atoms with Gasteiger partial charge in [-0.3, -0.25) is 5.11 Å². The van der Waals surface area contributed by atoms with Gasteiger partial charge in [-0.15, -0.1) is 0 Å². The summed E-state index contributed by atoms with van der Waals surface area (Å²) in [5, 5.41) is 11.1. The summed E-state index contributed by atoms with van der Waals surface area (Å²) < 4.78 is 0. The Kier molecular flexibility index (Phi) is 5.10. The smallest absolute Gasteiger partial charge is 0.178 e. The van der Waals surface area contributed by atoms with Crippen LogP contribution in [-0.4, -0.2) is 0 Å². The van der Waals surface area contributed by atoms with Gasteiger partial charge in [0.1, 0.15) is 0 Å². The summed E-state index contributed by atoms with van der Waals surface area (Å²) in [6.45, 7) is 2.27. The molecule has 1 heteroatoms. The van der Waals surface area contributed by atoms with Gasteiger partial charge in [0.2, 0.25) is 0 Å². The van der Waals surface area contributed by atoms with Crippen molar-refractivity contribution in [2.24, 2.45) is 5.92 Å². The predicted octanol–water partition coefficient (Wildman–Crippen LogP) is 5.68. The number of hydrogen-bond acceptors (Lipinski definition) is 0. The Balaban J connectivity index is 1.77. The first-order valence-corrected chi connectivity index (χ1v) is 7.56. The third-order valence-electron chi connectivity index (χ3n) is 4.41. The molecule has 1 aromatic rings. The third kappa shape index (κ3) is 3.76. The Morgan fingerprint density at radius 3 is 2.28 bits per heavy atom. The molecule has 1 aliphatic rings. The highest BCUT2D eigenvalue weighted by molar-refractivity contribution is 5.28. The number of rotatable bonds is 5. The van der Waals surface area contributed by atoms with Crippen molar-refractivity contribution in [1.29, 1.82) is 0 Å². The maximum absolute atomic E-state index is 11.1. The first-order valence-electron chi connectivity index (χ1n) is 7.56. The molecule has 1 radical (unpaired) electrons. The van der Waals surface area contributed by atoms with Crippen molar-refractivity contribution in [2.45, 2.75) is 64.2 Å². The number of benzene rings is 1. The fraction of sp³-hybridized carbons (Fsp3) is 0.647. The van der Waals surface area contributed by atoms with Crippen LogP contribution in [0.25, 0.3) is 0 Å². The van der Waals surface area contributed by atoms with Crippen molar-refractivity contribution in [3.8, 4) is 5.75 Å². The Bertz CT molecular complexity index is 333. The second-order valence-electron chi connectivity index (χ2n) is 5.78. The molecule has 0 bridgehead atoms. The van der Waals surface area contributed by atoms with Gasteiger partial charge in [-0.2, -0.15) is 0 Å². The molecular weight excluding hydrogens is 220 g/mol. The molecule has 0 amide bonds. The van der Waals surface area contributed by atoms with Gasteiger partial charge in [-0.05, 0) is 55.2 Å². The molecule has 1 aliphatic carbocycles. The van der Waals surface area contributed by atoms with Crippen LogP contribution in [0.5, 0.6) is 5.75 Å². The number of unbranched alkanes of at least 4 members (excludes halogenated alkanes) is 2. The zero-order valence-electron chi connectivity index (χ0n) is 11.5. The first kappa shape index (κ1) is 13.5. The van der Waals surface area contributed by atoms with E-state index in [1.165, 1.54) is 56.9 Å². The zero-order chi connectivity index (χ0) is 12.8. The molecule has 0 unspecified atom stereocenters. The van der Waals surface area contributed by atoms with Crippen LogP contribution in [0.4, 0.5) is 0 Å². The summed E-state index contributed by atoms with van der Waals surface area (Å²) >= 11 is 0. The average molecular weight is 245 g/mol. The molecule has 1 aromatic carbocycles. The van der Waals surface area contributed by atoms with Crippen molar-refractivity contribution in [3.63, 3.8) is 0 Å². The van der Waals surface area contributed by atoms with E-state index >= 15 is 0 Å². The standard InChI is InChI=1S/C17H25O/c1-2-3-4-5-14-6-8-15(9-7-14)16-10-12-17(18)13-11-16/h10-15H,2-9H2,1H3/t14-,15-. The molecule has 0 aliphatic heterocycles. The van der Waals surface area contributed by atoms with Crippen molar-refractivity contribution in [1.82, 2.24) is 0 Å². The summed E-state index contributed by atoms with van der Waals surface area (Å²) in [4.78, 5) is 0. The van der Waals surface area contributed by atoms with Crippen LogP contribution in [0.2, 0.25) is 0 Å².